The minimum absolute atomic E-state index is 0.368. The van der Waals surface area contributed by atoms with Gasteiger partial charge in [-0.05, 0) is 92.9 Å². The molecule has 0 radical (unpaired) electrons. The second-order valence-corrected chi connectivity index (χ2v) is 12.0. The molecule has 0 spiro atoms. The maximum absolute atomic E-state index is 12.9. The quantitative estimate of drug-likeness (QED) is 0.521. The van der Waals surface area contributed by atoms with Gasteiger partial charge >= 0.3 is 11.9 Å². The fourth-order valence-corrected chi connectivity index (χ4v) is 6.57. The zero-order valence-corrected chi connectivity index (χ0v) is 19.7. The minimum Gasteiger partial charge on any atom is -0.481 e. The van der Waals surface area contributed by atoms with Crippen molar-refractivity contribution in [2.45, 2.75) is 110 Å². The smallest absolute Gasteiger partial charge is 0.310 e. The molecule has 0 amide bonds. The van der Waals surface area contributed by atoms with Crippen LogP contribution in [0.2, 0.25) is 0 Å². The average Bonchev–Trinajstić information content (AvgIpc) is 2.53. The molecule has 4 N–H and O–H groups in total. The molecule has 30 heavy (non-hydrogen) atoms. The Hall–Kier alpha value is -1.22. The van der Waals surface area contributed by atoms with Gasteiger partial charge in [-0.25, -0.2) is 0 Å². The van der Waals surface area contributed by atoms with Gasteiger partial charge in [0.2, 0.25) is 0 Å². The van der Waals surface area contributed by atoms with E-state index in [4.69, 9.17) is 0 Å². The zero-order valence-electron chi connectivity index (χ0n) is 19.7. The predicted octanol–water partition coefficient (Wildman–Crippen LogP) is 3.85. The van der Waals surface area contributed by atoms with E-state index in [9.17, 15) is 30.2 Å². The molecular weight excluding hydrogens is 388 g/mol. The second-order valence-electron chi connectivity index (χ2n) is 12.0. The first kappa shape index (κ1) is 25.0. The summed E-state index contributed by atoms with van der Waals surface area (Å²) >= 11 is 0. The average molecular weight is 429 g/mol. The zero-order chi connectivity index (χ0) is 23.5. The third kappa shape index (κ3) is 4.11. The van der Waals surface area contributed by atoms with Gasteiger partial charge in [-0.3, -0.25) is 9.59 Å². The van der Waals surface area contributed by atoms with Crippen molar-refractivity contribution in [3.8, 4) is 0 Å². The van der Waals surface area contributed by atoms with Crippen LogP contribution in [-0.4, -0.2) is 64.8 Å². The normalized spacial score (nSPS) is 27.7. The van der Waals surface area contributed by atoms with Crippen molar-refractivity contribution in [3.63, 3.8) is 0 Å². The largest absolute Gasteiger partial charge is 0.481 e. The molecule has 0 saturated carbocycles. The molecule has 174 valence electrons. The lowest BCUT2D eigenvalue weighted by Gasteiger charge is -2.59. The third-order valence-corrected chi connectivity index (χ3v) is 7.58. The van der Waals surface area contributed by atoms with Crippen LogP contribution in [-0.2, 0) is 9.59 Å². The SMILES string of the molecule is CC1(C)CC(C(CC(=O)O)(C(=O)O)C2CC(C)(C)N(O)C(C)(C)C2)CC(C)(C)N1O. The van der Waals surface area contributed by atoms with Crippen molar-refractivity contribution in [2.24, 2.45) is 17.3 Å². The van der Waals surface area contributed by atoms with Gasteiger partial charge in [-0.15, -0.1) is 0 Å². The molecule has 2 aliphatic rings. The Kier molecular flexibility index (Phi) is 6.20. The van der Waals surface area contributed by atoms with Gasteiger partial charge in [-0.2, -0.15) is 10.1 Å². The number of piperidine rings is 2. The van der Waals surface area contributed by atoms with Gasteiger partial charge in [0, 0.05) is 22.2 Å². The van der Waals surface area contributed by atoms with Crippen LogP contribution in [0.25, 0.3) is 0 Å². The lowest BCUT2D eigenvalue weighted by molar-refractivity contribution is -0.276. The van der Waals surface area contributed by atoms with Crippen molar-refractivity contribution in [1.29, 1.82) is 0 Å². The Morgan fingerprint density at radius 2 is 1.00 bits per heavy atom. The maximum Gasteiger partial charge on any atom is 0.310 e. The van der Waals surface area contributed by atoms with E-state index in [1.54, 1.807) is 0 Å². The van der Waals surface area contributed by atoms with Crippen LogP contribution in [0.3, 0.4) is 0 Å². The van der Waals surface area contributed by atoms with Crippen LogP contribution in [0.4, 0.5) is 0 Å². The van der Waals surface area contributed by atoms with E-state index < -0.39 is 57.8 Å². The van der Waals surface area contributed by atoms with Crippen LogP contribution in [0, 0.1) is 17.3 Å². The van der Waals surface area contributed by atoms with Gasteiger partial charge in [-0.1, -0.05) is 0 Å². The van der Waals surface area contributed by atoms with Gasteiger partial charge < -0.3 is 20.6 Å². The number of carboxylic acids is 2. The topological polar surface area (TPSA) is 122 Å². The van der Waals surface area contributed by atoms with Crippen LogP contribution in [0.1, 0.15) is 87.5 Å². The lowest BCUT2D eigenvalue weighted by atomic mass is 9.53. The van der Waals surface area contributed by atoms with Gasteiger partial charge in [0.15, 0.2) is 0 Å². The standard InChI is InChI=1S/C22H40N2O6/c1-18(2)9-14(10-19(3,4)23(18)29)22(17(27)28,13-16(25)26)15-11-20(5,6)24(30)21(7,8)12-15/h14-15,29-30H,9-13H2,1-8H3,(H,25,26)(H,27,28). The molecule has 8 nitrogen and oxygen atoms in total. The van der Waals surface area contributed by atoms with Crippen LogP contribution >= 0.6 is 0 Å². The van der Waals surface area contributed by atoms with E-state index in [0.29, 0.717) is 25.7 Å². The summed E-state index contributed by atoms with van der Waals surface area (Å²) < 4.78 is 0. The molecule has 0 atom stereocenters. The molecule has 0 aromatic rings. The highest BCUT2D eigenvalue weighted by atomic mass is 16.5. The Bertz CT molecular complexity index is 622. The van der Waals surface area contributed by atoms with Crippen LogP contribution < -0.4 is 0 Å². The predicted molar refractivity (Wildman–Crippen MR) is 111 cm³/mol. The molecular formula is C22H40N2O6. The molecule has 0 aromatic heterocycles. The summed E-state index contributed by atoms with van der Waals surface area (Å²) in [7, 11) is 0. The van der Waals surface area contributed by atoms with Crippen molar-refractivity contribution in [3.05, 3.63) is 0 Å². The number of hydrogen-bond acceptors (Lipinski definition) is 6. The third-order valence-electron chi connectivity index (χ3n) is 7.58. The summed E-state index contributed by atoms with van der Waals surface area (Å²) in [4.78, 5) is 24.9. The van der Waals surface area contributed by atoms with E-state index in [-0.39, 0.29) is 0 Å². The molecule has 2 rings (SSSR count). The molecule has 0 aromatic carbocycles. The summed E-state index contributed by atoms with van der Waals surface area (Å²) in [5, 5.41) is 44.4. The first-order valence-electron chi connectivity index (χ1n) is 10.7. The first-order valence-corrected chi connectivity index (χ1v) is 10.7. The number of aliphatic carboxylic acids is 2. The number of carbonyl (C=O) groups is 2. The molecule has 0 aliphatic carbocycles. The van der Waals surface area contributed by atoms with Crippen molar-refractivity contribution in [2.75, 3.05) is 0 Å². The number of nitrogens with zero attached hydrogens (tertiary/aromatic N) is 2. The highest BCUT2D eigenvalue weighted by Gasteiger charge is 2.62. The molecule has 2 heterocycles. The molecule has 2 saturated heterocycles. The van der Waals surface area contributed by atoms with Crippen molar-refractivity contribution < 1.29 is 30.2 Å². The summed E-state index contributed by atoms with van der Waals surface area (Å²) in [5.74, 6) is -3.12. The molecule has 0 bridgehead atoms. The highest BCUT2D eigenvalue weighted by Crippen LogP contribution is 2.57. The van der Waals surface area contributed by atoms with E-state index in [2.05, 4.69) is 0 Å². The Morgan fingerprint density at radius 1 is 0.733 bits per heavy atom. The van der Waals surface area contributed by atoms with Gasteiger partial charge in [0.1, 0.15) is 0 Å². The van der Waals surface area contributed by atoms with Crippen molar-refractivity contribution >= 4 is 11.9 Å². The van der Waals surface area contributed by atoms with E-state index in [0.717, 1.165) is 0 Å². The fraction of sp³-hybridized carbons (Fsp3) is 0.909. The first-order chi connectivity index (χ1) is 13.3. The van der Waals surface area contributed by atoms with Crippen LogP contribution in [0.15, 0.2) is 0 Å². The monoisotopic (exact) mass is 428 g/mol. The van der Waals surface area contributed by atoms with Gasteiger partial charge in [0.25, 0.3) is 0 Å². The molecule has 8 heteroatoms. The molecule has 0 unspecified atom stereocenters. The fourth-order valence-electron chi connectivity index (χ4n) is 6.57. The lowest BCUT2D eigenvalue weighted by Crippen LogP contribution is -2.66. The number of rotatable bonds is 5. The number of hydrogen-bond donors (Lipinski definition) is 4. The second kappa shape index (κ2) is 7.43. The maximum atomic E-state index is 12.9. The van der Waals surface area contributed by atoms with Gasteiger partial charge in [0.05, 0.1) is 11.8 Å². The summed E-state index contributed by atoms with van der Waals surface area (Å²) in [6.07, 6.45) is 0.992. The van der Waals surface area contributed by atoms with Crippen molar-refractivity contribution in [1.82, 2.24) is 10.1 Å². The van der Waals surface area contributed by atoms with Crippen LogP contribution in [0.5, 0.6) is 0 Å². The summed E-state index contributed by atoms with van der Waals surface area (Å²) in [6, 6.07) is 0. The Morgan fingerprint density at radius 3 is 1.20 bits per heavy atom. The summed E-state index contributed by atoms with van der Waals surface area (Å²) in [5.41, 5.74) is -4.30. The minimum atomic E-state index is -1.50. The number of carboxylic acid groups (broad SMARTS) is 2. The van der Waals surface area contributed by atoms with E-state index in [1.807, 2.05) is 55.4 Å². The molecule has 2 fully saturated rings. The number of hydroxylamine groups is 4. The highest BCUT2D eigenvalue weighted by molar-refractivity contribution is 5.82. The van der Waals surface area contributed by atoms with E-state index >= 15 is 0 Å². The molecule has 2 aliphatic heterocycles. The Balaban J connectivity index is 2.65. The Labute approximate surface area is 179 Å². The van der Waals surface area contributed by atoms with E-state index in [1.165, 1.54) is 10.1 Å². The summed E-state index contributed by atoms with van der Waals surface area (Å²) in [6.45, 7) is 14.9.